The van der Waals surface area contributed by atoms with Crippen molar-refractivity contribution < 1.29 is 17.9 Å². The Hall–Kier alpha value is -2.45. The van der Waals surface area contributed by atoms with E-state index in [4.69, 9.17) is 9.88 Å². The average molecular weight is 349 g/mol. The van der Waals surface area contributed by atoms with Crippen LogP contribution in [0.4, 0.5) is 0 Å². The molecule has 2 rings (SSSR count). The van der Waals surface area contributed by atoms with E-state index in [2.05, 4.69) is 10.3 Å². The predicted molar refractivity (Wildman–Crippen MR) is 89.2 cm³/mol. The number of carbonyl (C=O) groups excluding carboxylic acids is 1. The van der Waals surface area contributed by atoms with Gasteiger partial charge in [-0.1, -0.05) is 6.07 Å². The summed E-state index contributed by atoms with van der Waals surface area (Å²) in [6.07, 6.45) is 1.59. The minimum atomic E-state index is -3.90. The van der Waals surface area contributed by atoms with Crippen LogP contribution in [0.3, 0.4) is 0 Å². The molecular formula is C16H19N3O4S. The van der Waals surface area contributed by atoms with E-state index in [1.165, 1.54) is 13.2 Å². The highest BCUT2D eigenvalue weighted by Gasteiger charge is 2.17. The summed E-state index contributed by atoms with van der Waals surface area (Å²) >= 11 is 0. The normalized spacial score (nSPS) is 11.2. The summed E-state index contributed by atoms with van der Waals surface area (Å²) in [4.78, 5) is 16.4. The van der Waals surface area contributed by atoms with Crippen LogP contribution < -0.4 is 15.2 Å². The van der Waals surface area contributed by atoms with Gasteiger partial charge in [0.1, 0.15) is 0 Å². The van der Waals surface area contributed by atoms with Crippen molar-refractivity contribution in [2.24, 2.45) is 5.14 Å². The summed E-state index contributed by atoms with van der Waals surface area (Å²) in [5.41, 5.74) is 2.14. The highest BCUT2D eigenvalue weighted by molar-refractivity contribution is 7.89. The number of ether oxygens (including phenoxy) is 1. The number of primary sulfonamides is 1. The summed E-state index contributed by atoms with van der Waals surface area (Å²) < 4.78 is 28.5. The van der Waals surface area contributed by atoms with Gasteiger partial charge in [-0.05, 0) is 43.2 Å². The Morgan fingerprint density at radius 2 is 2.04 bits per heavy atom. The zero-order valence-corrected chi connectivity index (χ0v) is 14.5. The first-order chi connectivity index (χ1) is 11.2. The van der Waals surface area contributed by atoms with Gasteiger partial charge in [0, 0.05) is 23.9 Å². The summed E-state index contributed by atoms with van der Waals surface area (Å²) in [7, 11) is -2.40. The number of aromatic nitrogens is 1. The maximum atomic E-state index is 12.4. The van der Waals surface area contributed by atoms with Crippen LogP contribution in [0.25, 0.3) is 0 Å². The number of pyridine rings is 1. The van der Waals surface area contributed by atoms with Gasteiger partial charge in [-0.15, -0.1) is 0 Å². The molecule has 0 bridgehead atoms. The fourth-order valence-corrected chi connectivity index (χ4v) is 3.15. The molecular weight excluding hydrogens is 330 g/mol. The van der Waals surface area contributed by atoms with Crippen molar-refractivity contribution in [3.05, 3.63) is 52.7 Å². The molecule has 1 aromatic heterocycles. The third-order valence-electron chi connectivity index (χ3n) is 3.67. The van der Waals surface area contributed by atoms with Crippen LogP contribution in [0, 0.1) is 13.8 Å². The Morgan fingerprint density at radius 1 is 1.33 bits per heavy atom. The van der Waals surface area contributed by atoms with E-state index >= 15 is 0 Å². The monoisotopic (exact) mass is 349 g/mol. The van der Waals surface area contributed by atoms with Crippen LogP contribution in [0.1, 0.15) is 27.0 Å². The van der Waals surface area contributed by atoms with Crippen molar-refractivity contribution in [1.82, 2.24) is 10.3 Å². The molecule has 2 aromatic rings. The number of methoxy groups -OCH3 is 1. The van der Waals surface area contributed by atoms with E-state index in [9.17, 15) is 13.2 Å². The maximum absolute atomic E-state index is 12.4. The number of carbonyl (C=O) groups is 1. The van der Waals surface area contributed by atoms with Crippen molar-refractivity contribution in [1.29, 1.82) is 0 Å². The second kappa shape index (κ2) is 6.98. The molecule has 1 heterocycles. The minimum absolute atomic E-state index is 0.0494. The molecule has 0 spiro atoms. The standard InChI is InChI=1S/C16H19N3O4S/c1-10-7-13(8-14(11(10)2)24(17,21)22)15(20)19-9-12-5-4-6-18-16(12)23-3/h4-8H,9H2,1-3H3,(H,19,20)(H2,17,21,22). The third-order valence-corrected chi connectivity index (χ3v) is 4.71. The number of hydrogen-bond donors (Lipinski definition) is 2. The highest BCUT2D eigenvalue weighted by atomic mass is 32.2. The number of nitrogens with one attached hydrogen (secondary N) is 1. The molecule has 0 unspecified atom stereocenters. The van der Waals surface area contributed by atoms with E-state index in [1.807, 2.05) is 0 Å². The number of nitrogens with zero attached hydrogens (tertiary/aromatic N) is 1. The Morgan fingerprint density at radius 3 is 2.67 bits per heavy atom. The molecule has 7 nitrogen and oxygen atoms in total. The van der Waals surface area contributed by atoms with Crippen LogP contribution in [-0.4, -0.2) is 26.4 Å². The van der Waals surface area contributed by atoms with Crippen LogP contribution in [0.2, 0.25) is 0 Å². The number of benzene rings is 1. The van der Waals surface area contributed by atoms with Crippen molar-refractivity contribution in [2.75, 3.05) is 7.11 Å². The van der Waals surface area contributed by atoms with Gasteiger partial charge in [0.25, 0.3) is 5.91 Å². The number of rotatable bonds is 5. The molecule has 0 fully saturated rings. The van der Waals surface area contributed by atoms with Crippen molar-refractivity contribution >= 4 is 15.9 Å². The van der Waals surface area contributed by atoms with E-state index in [0.29, 0.717) is 22.6 Å². The molecule has 0 aliphatic rings. The van der Waals surface area contributed by atoms with Gasteiger partial charge in [0.05, 0.1) is 12.0 Å². The largest absolute Gasteiger partial charge is 0.481 e. The molecule has 0 saturated heterocycles. The van der Waals surface area contributed by atoms with Crippen molar-refractivity contribution in [3.8, 4) is 5.88 Å². The van der Waals surface area contributed by atoms with E-state index < -0.39 is 15.9 Å². The van der Waals surface area contributed by atoms with Crippen LogP contribution >= 0.6 is 0 Å². The molecule has 3 N–H and O–H groups in total. The molecule has 128 valence electrons. The summed E-state index contributed by atoms with van der Waals surface area (Å²) in [6, 6.07) is 6.43. The van der Waals surface area contributed by atoms with Crippen molar-refractivity contribution in [2.45, 2.75) is 25.3 Å². The van der Waals surface area contributed by atoms with E-state index in [0.717, 1.165) is 0 Å². The molecule has 0 saturated carbocycles. The maximum Gasteiger partial charge on any atom is 0.251 e. The van der Waals surface area contributed by atoms with Gasteiger partial charge < -0.3 is 10.1 Å². The van der Waals surface area contributed by atoms with Crippen LogP contribution in [0.15, 0.2) is 35.4 Å². The quantitative estimate of drug-likeness (QED) is 0.845. The first-order valence-electron chi connectivity index (χ1n) is 7.14. The Bertz CT molecular complexity index is 879. The summed E-state index contributed by atoms with van der Waals surface area (Å²) in [5.74, 6) is 0.0111. The van der Waals surface area contributed by atoms with Gasteiger partial charge in [0.15, 0.2) is 0 Å². The number of aryl methyl sites for hydroxylation is 1. The molecule has 0 aliphatic carbocycles. The Balaban J connectivity index is 2.26. The minimum Gasteiger partial charge on any atom is -0.481 e. The molecule has 0 radical (unpaired) electrons. The third kappa shape index (κ3) is 3.90. The van der Waals surface area contributed by atoms with Gasteiger partial charge in [0.2, 0.25) is 15.9 Å². The lowest BCUT2D eigenvalue weighted by molar-refractivity contribution is 0.0950. The molecule has 24 heavy (non-hydrogen) atoms. The Kier molecular flexibility index (Phi) is 5.20. The zero-order chi connectivity index (χ0) is 17.9. The first-order valence-corrected chi connectivity index (χ1v) is 8.68. The second-order valence-corrected chi connectivity index (χ2v) is 6.85. The summed E-state index contributed by atoms with van der Waals surface area (Å²) in [5, 5.41) is 7.93. The molecule has 1 amide bonds. The number of nitrogens with two attached hydrogens (primary N) is 1. The SMILES string of the molecule is COc1ncccc1CNC(=O)c1cc(C)c(C)c(S(N)(=O)=O)c1. The summed E-state index contributed by atoms with van der Waals surface area (Å²) in [6.45, 7) is 3.58. The number of sulfonamides is 1. The lowest BCUT2D eigenvalue weighted by Crippen LogP contribution is -2.24. The molecule has 0 atom stereocenters. The first kappa shape index (κ1) is 17.9. The highest BCUT2D eigenvalue weighted by Crippen LogP contribution is 2.20. The van der Waals surface area contributed by atoms with Crippen LogP contribution in [-0.2, 0) is 16.6 Å². The van der Waals surface area contributed by atoms with Crippen LogP contribution in [0.5, 0.6) is 5.88 Å². The van der Waals surface area contributed by atoms with E-state index in [1.54, 1.807) is 38.2 Å². The van der Waals surface area contributed by atoms with Gasteiger partial charge in [-0.3, -0.25) is 4.79 Å². The lowest BCUT2D eigenvalue weighted by atomic mass is 10.1. The fraction of sp³-hybridized carbons (Fsp3) is 0.250. The molecule has 0 aliphatic heterocycles. The topological polar surface area (TPSA) is 111 Å². The Labute approximate surface area is 140 Å². The second-order valence-electron chi connectivity index (χ2n) is 5.32. The smallest absolute Gasteiger partial charge is 0.251 e. The van der Waals surface area contributed by atoms with E-state index in [-0.39, 0.29) is 17.0 Å². The predicted octanol–water partition coefficient (Wildman–Crippen LogP) is 1.28. The van der Waals surface area contributed by atoms with Gasteiger partial charge in [-0.2, -0.15) is 0 Å². The average Bonchev–Trinajstić information content (AvgIpc) is 2.54. The zero-order valence-electron chi connectivity index (χ0n) is 13.7. The van der Waals surface area contributed by atoms with Gasteiger partial charge in [-0.25, -0.2) is 18.5 Å². The van der Waals surface area contributed by atoms with Gasteiger partial charge >= 0.3 is 0 Å². The van der Waals surface area contributed by atoms with Crippen molar-refractivity contribution in [3.63, 3.8) is 0 Å². The number of amides is 1. The lowest BCUT2D eigenvalue weighted by Gasteiger charge is -2.12. The number of hydrogen-bond acceptors (Lipinski definition) is 5. The molecule has 8 heteroatoms. The molecule has 1 aromatic carbocycles. The fourth-order valence-electron chi connectivity index (χ4n) is 2.27.